The molecule has 0 unspecified atom stereocenters. The van der Waals surface area contributed by atoms with Crippen molar-refractivity contribution in [3.05, 3.63) is 35.9 Å². The quantitative estimate of drug-likeness (QED) is 0.778. The molecule has 4 nitrogen and oxygen atoms in total. The fourth-order valence-electron chi connectivity index (χ4n) is 1.22. The van der Waals surface area contributed by atoms with Crippen LogP contribution in [0.25, 0.3) is 0 Å². The molecule has 1 N–H and O–H groups in total. The zero-order valence-electron chi connectivity index (χ0n) is 9.40. The lowest BCUT2D eigenvalue weighted by molar-refractivity contribution is -0.148. The molecular formula is C12H15NO3. The van der Waals surface area contributed by atoms with Crippen molar-refractivity contribution in [1.82, 2.24) is 5.32 Å². The van der Waals surface area contributed by atoms with Gasteiger partial charge in [0.05, 0.1) is 0 Å². The second-order valence-corrected chi connectivity index (χ2v) is 3.52. The third-order valence-electron chi connectivity index (χ3n) is 2.00. The molecule has 0 aliphatic carbocycles. The molecule has 0 saturated heterocycles. The largest absolute Gasteiger partial charge is 0.459 e. The van der Waals surface area contributed by atoms with Crippen molar-refractivity contribution in [1.29, 1.82) is 0 Å². The van der Waals surface area contributed by atoms with Crippen molar-refractivity contribution >= 4 is 11.9 Å². The van der Waals surface area contributed by atoms with Crippen LogP contribution in [0.1, 0.15) is 19.4 Å². The third-order valence-corrected chi connectivity index (χ3v) is 2.00. The van der Waals surface area contributed by atoms with Gasteiger partial charge in [-0.05, 0) is 12.5 Å². The molecule has 0 aromatic heterocycles. The van der Waals surface area contributed by atoms with Gasteiger partial charge in [0.25, 0.3) is 0 Å². The average molecular weight is 221 g/mol. The molecule has 1 rings (SSSR count). The minimum absolute atomic E-state index is 0.226. The van der Waals surface area contributed by atoms with E-state index in [4.69, 9.17) is 4.74 Å². The Labute approximate surface area is 94.6 Å². The molecule has 86 valence electrons. The molecule has 0 radical (unpaired) electrons. The zero-order chi connectivity index (χ0) is 12.0. The summed E-state index contributed by atoms with van der Waals surface area (Å²) in [5, 5.41) is 2.47. The van der Waals surface area contributed by atoms with Gasteiger partial charge in [0.1, 0.15) is 12.6 Å². The zero-order valence-corrected chi connectivity index (χ0v) is 9.40. The molecule has 0 saturated carbocycles. The number of hydrogen-bond acceptors (Lipinski definition) is 3. The molecule has 1 atom stereocenters. The predicted octanol–water partition coefficient (Wildman–Crippen LogP) is 1.25. The Balaban J connectivity index is 2.38. The predicted molar refractivity (Wildman–Crippen MR) is 59.5 cm³/mol. The highest BCUT2D eigenvalue weighted by Crippen LogP contribution is 2.01. The van der Waals surface area contributed by atoms with Gasteiger partial charge in [-0.3, -0.25) is 4.79 Å². The molecular weight excluding hydrogens is 206 g/mol. The Kier molecular flexibility index (Phi) is 4.51. The van der Waals surface area contributed by atoms with E-state index < -0.39 is 12.0 Å². The minimum Gasteiger partial charge on any atom is -0.459 e. The van der Waals surface area contributed by atoms with Gasteiger partial charge in [0.15, 0.2) is 0 Å². The summed E-state index contributed by atoms with van der Waals surface area (Å²) in [7, 11) is 0. The molecule has 1 amide bonds. The van der Waals surface area contributed by atoms with Crippen molar-refractivity contribution in [2.45, 2.75) is 26.5 Å². The van der Waals surface area contributed by atoms with E-state index in [2.05, 4.69) is 5.32 Å². The highest BCUT2D eigenvalue weighted by Gasteiger charge is 2.14. The van der Waals surface area contributed by atoms with E-state index in [9.17, 15) is 9.59 Å². The first kappa shape index (κ1) is 12.2. The van der Waals surface area contributed by atoms with Crippen LogP contribution in [0.15, 0.2) is 30.3 Å². The maximum absolute atomic E-state index is 11.4. The lowest BCUT2D eigenvalue weighted by Gasteiger charge is -2.11. The van der Waals surface area contributed by atoms with Crippen molar-refractivity contribution in [3.63, 3.8) is 0 Å². The van der Waals surface area contributed by atoms with Crippen LogP contribution in [0.4, 0.5) is 0 Å². The van der Waals surface area contributed by atoms with Crippen molar-refractivity contribution < 1.29 is 14.3 Å². The van der Waals surface area contributed by atoms with Crippen LogP contribution in [0.5, 0.6) is 0 Å². The van der Waals surface area contributed by atoms with Crippen LogP contribution in [0.3, 0.4) is 0 Å². The van der Waals surface area contributed by atoms with Crippen molar-refractivity contribution in [2.24, 2.45) is 0 Å². The fourth-order valence-corrected chi connectivity index (χ4v) is 1.22. The fraction of sp³-hybridized carbons (Fsp3) is 0.333. The Hall–Kier alpha value is -1.84. The first-order chi connectivity index (χ1) is 7.59. The second kappa shape index (κ2) is 5.90. The summed E-state index contributed by atoms with van der Waals surface area (Å²) in [6.45, 7) is 3.18. The SMILES string of the molecule is CC(=O)N[C@@H](C)C(=O)OCc1ccccc1. The lowest BCUT2D eigenvalue weighted by Crippen LogP contribution is -2.38. The summed E-state index contributed by atoms with van der Waals surface area (Å²) in [5.74, 6) is -0.678. The summed E-state index contributed by atoms with van der Waals surface area (Å²) >= 11 is 0. The molecule has 0 aliphatic rings. The molecule has 0 fully saturated rings. The van der Waals surface area contributed by atoms with Gasteiger partial charge in [0, 0.05) is 6.92 Å². The number of benzene rings is 1. The molecule has 1 aromatic rings. The molecule has 16 heavy (non-hydrogen) atoms. The Morgan fingerprint density at radius 2 is 1.94 bits per heavy atom. The molecule has 1 aromatic carbocycles. The summed E-state index contributed by atoms with van der Waals surface area (Å²) < 4.78 is 5.04. The van der Waals surface area contributed by atoms with Gasteiger partial charge in [-0.25, -0.2) is 4.79 Å². The van der Waals surface area contributed by atoms with Crippen molar-refractivity contribution in [3.8, 4) is 0 Å². The number of nitrogens with one attached hydrogen (secondary N) is 1. The molecule has 0 heterocycles. The standard InChI is InChI=1S/C12H15NO3/c1-9(13-10(2)14)12(15)16-8-11-6-4-3-5-7-11/h3-7,9H,8H2,1-2H3,(H,13,14)/t9-/m0/s1. The molecule has 0 aliphatic heterocycles. The van der Waals surface area contributed by atoms with Crippen LogP contribution >= 0.6 is 0 Å². The monoisotopic (exact) mass is 221 g/mol. The van der Waals surface area contributed by atoms with E-state index in [0.717, 1.165) is 5.56 Å². The lowest BCUT2D eigenvalue weighted by atomic mass is 10.2. The molecule has 0 bridgehead atoms. The maximum Gasteiger partial charge on any atom is 0.328 e. The van der Waals surface area contributed by atoms with E-state index >= 15 is 0 Å². The minimum atomic E-state index is -0.610. The van der Waals surface area contributed by atoms with Crippen LogP contribution in [0.2, 0.25) is 0 Å². The first-order valence-electron chi connectivity index (χ1n) is 5.07. The number of amides is 1. The van der Waals surface area contributed by atoms with Crippen molar-refractivity contribution in [2.75, 3.05) is 0 Å². The van der Waals surface area contributed by atoms with Gasteiger partial charge in [-0.2, -0.15) is 0 Å². The Morgan fingerprint density at radius 3 is 2.50 bits per heavy atom. The topological polar surface area (TPSA) is 55.4 Å². The van der Waals surface area contributed by atoms with E-state index in [1.54, 1.807) is 6.92 Å². The number of rotatable bonds is 4. The van der Waals surface area contributed by atoms with Gasteiger partial charge in [-0.15, -0.1) is 0 Å². The number of hydrogen-bond donors (Lipinski definition) is 1. The van der Waals surface area contributed by atoms with Gasteiger partial charge in [-0.1, -0.05) is 30.3 Å². The number of carbonyl (C=O) groups is 2. The highest BCUT2D eigenvalue weighted by atomic mass is 16.5. The van der Waals surface area contributed by atoms with E-state index in [-0.39, 0.29) is 12.5 Å². The third kappa shape index (κ3) is 4.13. The van der Waals surface area contributed by atoms with Crippen LogP contribution in [-0.2, 0) is 20.9 Å². The summed E-state index contributed by atoms with van der Waals surface area (Å²) in [5.41, 5.74) is 0.922. The number of carbonyl (C=O) groups excluding carboxylic acids is 2. The number of esters is 1. The summed E-state index contributed by atoms with van der Waals surface area (Å²) in [6, 6.07) is 8.78. The van der Waals surface area contributed by atoms with Gasteiger partial charge in [0.2, 0.25) is 5.91 Å². The molecule has 0 spiro atoms. The van der Waals surface area contributed by atoms with Gasteiger partial charge < -0.3 is 10.1 Å². The van der Waals surface area contributed by atoms with Crippen LogP contribution in [0, 0.1) is 0 Å². The highest BCUT2D eigenvalue weighted by molar-refractivity contribution is 5.82. The summed E-state index contributed by atoms with van der Waals surface area (Å²) in [6.07, 6.45) is 0. The first-order valence-corrected chi connectivity index (χ1v) is 5.07. The Bertz CT molecular complexity index is 362. The summed E-state index contributed by atoms with van der Waals surface area (Å²) in [4.78, 5) is 22.1. The molecule has 4 heteroatoms. The van der Waals surface area contributed by atoms with Crippen LogP contribution in [-0.4, -0.2) is 17.9 Å². The maximum atomic E-state index is 11.4. The van der Waals surface area contributed by atoms with Gasteiger partial charge >= 0.3 is 5.97 Å². The second-order valence-electron chi connectivity index (χ2n) is 3.52. The Morgan fingerprint density at radius 1 is 1.31 bits per heavy atom. The van der Waals surface area contributed by atoms with E-state index in [0.29, 0.717) is 0 Å². The number of ether oxygens (including phenoxy) is 1. The van der Waals surface area contributed by atoms with E-state index in [1.807, 2.05) is 30.3 Å². The smallest absolute Gasteiger partial charge is 0.328 e. The average Bonchev–Trinajstić information content (AvgIpc) is 2.26. The van der Waals surface area contributed by atoms with E-state index in [1.165, 1.54) is 6.92 Å². The van der Waals surface area contributed by atoms with Crippen LogP contribution < -0.4 is 5.32 Å². The normalized spacial score (nSPS) is 11.6.